The first-order valence-electron chi connectivity index (χ1n) is 8.75. The normalized spacial score (nSPS) is 23.5. The van der Waals surface area contributed by atoms with E-state index < -0.39 is 0 Å². The lowest BCUT2D eigenvalue weighted by molar-refractivity contribution is 0.0582. The first-order valence-corrected chi connectivity index (χ1v) is 8.75. The molecular weight excluding hydrogens is 320 g/mol. The van der Waals surface area contributed by atoms with Crippen molar-refractivity contribution in [1.29, 1.82) is 0 Å². The molecule has 2 aromatic heterocycles. The van der Waals surface area contributed by atoms with Crippen LogP contribution < -0.4 is 0 Å². The van der Waals surface area contributed by atoms with Crippen LogP contribution in [-0.4, -0.2) is 62.3 Å². The average Bonchev–Trinajstić information content (AvgIpc) is 3.28. The Morgan fingerprint density at radius 3 is 2.68 bits per heavy atom. The third kappa shape index (κ3) is 2.84. The summed E-state index contributed by atoms with van der Waals surface area (Å²) in [5.41, 5.74) is 0.879. The predicted molar refractivity (Wildman–Crippen MR) is 89.8 cm³/mol. The second kappa shape index (κ2) is 5.94. The Hall–Kier alpha value is -2.22. The summed E-state index contributed by atoms with van der Waals surface area (Å²) in [4.78, 5) is 21.3. The molecule has 1 atom stereocenters. The number of piperidine rings is 1. The number of hydrogen-bond donors (Lipinski definition) is 0. The Morgan fingerprint density at radius 1 is 1.32 bits per heavy atom. The molecule has 0 aliphatic carbocycles. The number of amides is 1. The predicted octanol–water partition coefficient (Wildman–Crippen LogP) is 1.41. The minimum atomic E-state index is 0.0743. The van der Waals surface area contributed by atoms with E-state index in [9.17, 15) is 4.79 Å². The van der Waals surface area contributed by atoms with Crippen LogP contribution in [0.4, 0.5) is 0 Å². The van der Waals surface area contributed by atoms with Gasteiger partial charge in [-0.2, -0.15) is 10.1 Å². The van der Waals surface area contributed by atoms with Gasteiger partial charge in [-0.3, -0.25) is 14.4 Å². The summed E-state index contributed by atoms with van der Waals surface area (Å²) in [6.07, 6.45) is 4.69. The van der Waals surface area contributed by atoms with E-state index in [0.29, 0.717) is 17.4 Å². The quantitative estimate of drug-likeness (QED) is 0.819. The van der Waals surface area contributed by atoms with Crippen LogP contribution in [0.1, 0.15) is 47.5 Å². The van der Waals surface area contributed by atoms with Crippen LogP contribution in [0.25, 0.3) is 0 Å². The highest BCUT2D eigenvalue weighted by Gasteiger charge is 2.47. The van der Waals surface area contributed by atoms with Gasteiger partial charge in [0.1, 0.15) is 5.69 Å². The van der Waals surface area contributed by atoms with E-state index >= 15 is 0 Å². The maximum Gasteiger partial charge on any atom is 0.272 e. The second-order valence-corrected chi connectivity index (χ2v) is 7.45. The molecule has 8 heteroatoms. The molecule has 0 aromatic carbocycles. The lowest BCUT2D eigenvalue weighted by Crippen LogP contribution is -2.44. The summed E-state index contributed by atoms with van der Waals surface area (Å²) in [6.45, 7) is 4.42. The van der Waals surface area contributed by atoms with Crippen molar-refractivity contribution in [3.05, 3.63) is 29.7 Å². The van der Waals surface area contributed by atoms with E-state index in [-0.39, 0.29) is 17.4 Å². The largest absolute Gasteiger partial charge is 0.338 e. The van der Waals surface area contributed by atoms with E-state index in [4.69, 9.17) is 4.52 Å². The van der Waals surface area contributed by atoms with Gasteiger partial charge in [-0.1, -0.05) is 5.16 Å². The first kappa shape index (κ1) is 16.3. The highest BCUT2D eigenvalue weighted by Crippen LogP contribution is 2.48. The van der Waals surface area contributed by atoms with Gasteiger partial charge in [0.15, 0.2) is 5.82 Å². The van der Waals surface area contributed by atoms with Crippen LogP contribution in [-0.2, 0) is 7.05 Å². The Labute approximate surface area is 146 Å². The zero-order valence-corrected chi connectivity index (χ0v) is 15.0. The van der Waals surface area contributed by atoms with Gasteiger partial charge in [-0.25, -0.2) is 0 Å². The number of carbonyl (C=O) groups is 1. The number of likely N-dealkylation sites (tertiary alicyclic amines) is 2. The third-order valence-corrected chi connectivity index (χ3v) is 5.72. The zero-order valence-electron chi connectivity index (χ0n) is 15.0. The summed E-state index contributed by atoms with van der Waals surface area (Å²) in [5.74, 6) is 1.47. The van der Waals surface area contributed by atoms with Crippen molar-refractivity contribution >= 4 is 5.91 Å². The summed E-state index contributed by atoms with van der Waals surface area (Å²) in [5, 5.41) is 8.03. The van der Waals surface area contributed by atoms with Crippen molar-refractivity contribution in [2.45, 2.75) is 32.2 Å². The van der Waals surface area contributed by atoms with E-state index in [1.807, 2.05) is 18.9 Å². The summed E-state index contributed by atoms with van der Waals surface area (Å²) >= 11 is 0. The summed E-state index contributed by atoms with van der Waals surface area (Å²) < 4.78 is 7.04. The van der Waals surface area contributed by atoms with Crippen LogP contribution >= 0.6 is 0 Å². The van der Waals surface area contributed by atoms with Gasteiger partial charge in [-0.15, -0.1) is 0 Å². The molecule has 4 rings (SSSR count). The van der Waals surface area contributed by atoms with Crippen molar-refractivity contribution in [2.75, 3.05) is 26.7 Å². The average molecular weight is 344 g/mol. The highest BCUT2D eigenvalue weighted by molar-refractivity contribution is 5.92. The van der Waals surface area contributed by atoms with Gasteiger partial charge in [0.2, 0.25) is 5.89 Å². The van der Waals surface area contributed by atoms with E-state index in [1.165, 1.54) is 0 Å². The second-order valence-electron chi connectivity index (χ2n) is 7.45. The number of nitrogens with zero attached hydrogens (tertiary/aromatic N) is 6. The number of aromatic nitrogens is 4. The first-order chi connectivity index (χ1) is 12.0. The van der Waals surface area contributed by atoms with Gasteiger partial charge in [-0.05, 0) is 44.7 Å². The molecule has 0 N–H and O–H groups in total. The van der Waals surface area contributed by atoms with Gasteiger partial charge in [0.05, 0.1) is 6.04 Å². The SMILES string of the molecule is Cc1noc(C2CC3(CCN(C(=O)c4ccnn4C)CC3)CN2C)n1. The Morgan fingerprint density at radius 2 is 2.08 bits per heavy atom. The Kier molecular flexibility index (Phi) is 3.87. The molecule has 1 amide bonds. The molecule has 2 saturated heterocycles. The van der Waals surface area contributed by atoms with Crippen LogP contribution in [0.2, 0.25) is 0 Å². The number of aryl methyl sites for hydroxylation is 2. The molecule has 0 radical (unpaired) electrons. The number of hydrogen-bond acceptors (Lipinski definition) is 6. The number of rotatable bonds is 2. The van der Waals surface area contributed by atoms with Crippen molar-refractivity contribution < 1.29 is 9.32 Å². The van der Waals surface area contributed by atoms with E-state index in [0.717, 1.165) is 38.9 Å². The Balaban J connectivity index is 1.43. The van der Waals surface area contributed by atoms with Gasteiger partial charge in [0.25, 0.3) is 5.91 Å². The van der Waals surface area contributed by atoms with Crippen molar-refractivity contribution in [2.24, 2.45) is 12.5 Å². The topological polar surface area (TPSA) is 80.3 Å². The molecule has 134 valence electrons. The monoisotopic (exact) mass is 344 g/mol. The highest BCUT2D eigenvalue weighted by atomic mass is 16.5. The maximum atomic E-state index is 12.7. The zero-order chi connectivity index (χ0) is 17.6. The summed E-state index contributed by atoms with van der Waals surface area (Å²) in [6, 6.07) is 1.96. The fourth-order valence-electron chi connectivity index (χ4n) is 4.29. The van der Waals surface area contributed by atoms with Crippen LogP contribution in [0.15, 0.2) is 16.8 Å². The van der Waals surface area contributed by atoms with Crippen LogP contribution in [0, 0.1) is 12.3 Å². The maximum absolute atomic E-state index is 12.7. The fourth-order valence-corrected chi connectivity index (χ4v) is 4.29. The number of carbonyl (C=O) groups excluding carboxylic acids is 1. The lowest BCUT2D eigenvalue weighted by atomic mass is 9.76. The van der Waals surface area contributed by atoms with Gasteiger partial charge < -0.3 is 9.42 Å². The minimum Gasteiger partial charge on any atom is -0.338 e. The van der Waals surface area contributed by atoms with Crippen molar-refractivity contribution in [3.8, 4) is 0 Å². The molecule has 4 heterocycles. The molecule has 1 unspecified atom stereocenters. The van der Waals surface area contributed by atoms with Gasteiger partial charge >= 0.3 is 0 Å². The molecular formula is C17H24N6O2. The fraction of sp³-hybridized carbons (Fsp3) is 0.647. The molecule has 2 aliphatic heterocycles. The van der Waals surface area contributed by atoms with E-state index in [1.54, 1.807) is 16.9 Å². The molecule has 2 aromatic rings. The molecule has 8 nitrogen and oxygen atoms in total. The molecule has 2 fully saturated rings. The molecule has 0 saturated carbocycles. The molecule has 1 spiro atoms. The smallest absolute Gasteiger partial charge is 0.272 e. The standard InChI is InChI=1S/C17H24N6O2/c1-12-19-15(25-20-12)14-10-17(11-21(14)2)5-8-23(9-6-17)16(24)13-4-7-18-22(13)3/h4,7,14H,5-6,8-11H2,1-3H3. The molecule has 2 aliphatic rings. The third-order valence-electron chi connectivity index (χ3n) is 5.72. The van der Waals surface area contributed by atoms with Crippen LogP contribution in [0.3, 0.4) is 0 Å². The van der Waals surface area contributed by atoms with Crippen molar-refractivity contribution in [1.82, 2.24) is 29.7 Å². The summed E-state index contributed by atoms with van der Waals surface area (Å²) in [7, 11) is 3.92. The Bertz CT molecular complexity index is 774. The van der Waals surface area contributed by atoms with Crippen molar-refractivity contribution in [3.63, 3.8) is 0 Å². The van der Waals surface area contributed by atoms with E-state index in [2.05, 4.69) is 27.2 Å². The molecule has 0 bridgehead atoms. The van der Waals surface area contributed by atoms with Crippen LogP contribution in [0.5, 0.6) is 0 Å². The molecule has 25 heavy (non-hydrogen) atoms. The van der Waals surface area contributed by atoms with Gasteiger partial charge in [0, 0.05) is 32.9 Å². The lowest BCUT2D eigenvalue weighted by Gasteiger charge is -2.39. The minimum absolute atomic E-state index is 0.0743.